The molecule has 0 atom stereocenters. The first-order valence-corrected chi connectivity index (χ1v) is 4.68. The van der Waals surface area contributed by atoms with E-state index in [1.54, 1.807) is 14.0 Å². The monoisotopic (exact) mass is 212 g/mol. The second-order valence-electron chi connectivity index (χ2n) is 4.05. The number of nitrogens with zero attached hydrogens (tertiary/aromatic N) is 1. The summed E-state index contributed by atoms with van der Waals surface area (Å²) in [5.41, 5.74) is -0.290. The second-order valence-corrected chi connectivity index (χ2v) is 4.05. The molecule has 5 heteroatoms. The Morgan fingerprint density at radius 1 is 1.14 bits per heavy atom. The Balaban J connectivity index is 4.17. The molecule has 0 aliphatic rings. The Morgan fingerprint density at radius 2 is 1.64 bits per heavy atom. The Bertz CT molecular complexity index is 166. The maximum absolute atomic E-state index is 12.1. The third-order valence-electron chi connectivity index (χ3n) is 2.15. The van der Waals surface area contributed by atoms with Gasteiger partial charge in [0.25, 0.3) is 0 Å². The molecule has 0 saturated carbocycles. The lowest BCUT2D eigenvalue weighted by molar-refractivity contribution is -0.147. The van der Waals surface area contributed by atoms with Gasteiger partial charge in [-0.15, -0.1) is 0 Å². The molecule has 0 rings (SSSR count). The quantitative estimate of drug-likeness (QED) is 0.748. The van der Waals surface area contributed by atoms with Gasteiger partial charge in [0.2, 0.25) is 0 Å². The molecule has 1 N–H and O–H groups in total. The summed E-state index contributed by atoms with van der Waals surface area (Å²) in [5.74, 6) is 0. The average molecular weight is 212 g/mol. The zero-order chi connectivity index (χ0) is 11.4. The van der Waals surface area contributed by atoms with E-state index in [1.165, 1.54) is 4.90 Å². The number of alkyl halides is 3. The third-order valence-corrected chi connectivity index (χ3v) is 2.15. The largest absolute Gasteiger partial charge is 0.401 e. The number of hydrogen-bond donors (Lipinski definition) is 1. The van der Waals surface area contributed by atoms with E-state index < -0.39 is 12.7 Å². The molecule has 0 aliphatic heterocycles. The standard InChI is InChI=1S/C9H19F3N2/c1-5-14(7-9(10,11)12)6-8(2,3)13-4/h13H,5-7H2,1-4H3. The van der Waals surface area contributed by atoms with Crippen LogP contribution in [-0.2, 0) is 0 Å². The average Bonchev–Trinajstić information content (AvgIpc) is 2.00. The maximum Gasteiger partial charge on any atom is 0.401 e. The molecular weight excluding hydrogens is 193 g/mol. The van der Waals surface area contributed by atoms with Crippen molar-refractivity contribution in [1.82, 2.24) is 10.2 Å². The van der Waals surface area contributed by atoms with Crippen LogP contribution in [0.15, 0.2) is 0 Å². The summed E-state index contributed by atoms with van der Waals surface area (Å²) in [7, 11) is 1.75. The van der Waals surface area contributed by atoms with Crippen LogP contribution in [0.3, 0.4) is 0 Å². The fourth-order valence-electron chi connectivity index (χ4n) is 1.17. The Hall–Kier alpha value is -0.290. The zero-order valence-electron chi connectivity index (χ0n) is 9.20. The molecule has 0 aliphatic carbocycles. The van der Waals surface area contributed by atoms with Crippen molar-refractivity contribution in [3.63, 3.8) is 0 Å². The topological polar surface area (TPSA) is 15.3 Å². The van der Waals surface area contributed by atoms with Gasteiger partial charge in [-0.1, -0.05) is 6.92 Å². The Morgan fingerprint density at radius 3 is 1.93 bits per heavy atom. The van der Waals surface area contributed by atoms with Gasteiger partial charge in [0.1, 0.15) is 0 Å². The fourth-order valence-corrected chi connectivity index (χ4v) is 1.17. The Kier molecular flexibility index (Phi) is 4.88. The van der Waals surface area contributed by atoms with Crippen molar-refractivity contribution >= 4 is 0 Å². The van der Waals surface area contributed by atoms with Gasteiger partial charge in [-0.05, 0) is 27.4 Å². The summed E-state index contributed by atoms with van der Waals surface area (Å²) in [6.07, 6.45) is -4.11. The van der Waals surface area contributed by atoms with Crippen LogP contribution < -0.4 is 5.32 Å². The van der Waals surface area contributed by atoms with Crippen LogP contribution in [0.1, 0.15) is 20.8 Å². The molecule has 0 spiro atoms. The van der Waals surface area contributed by atoms with Crippen molar-refractivity contribution in [2.45, 2.75) is 32.5 Å². The van der Waals surface area contributed by atoms with E-state index in [0.29, 0.717) is 13.1 Å². The van der Waals surface area contributed by atoms with Gasteiger partial charge in [0.15, 0.2) is 0 Å². The van der Waals surface area contributed by atoms with Crippen LogP contribution in [0, 0.1) is 0 Å². The van der Waals surface area contributed by atoms with Crippen molar-refractivity contribution in [3.8, 4) is 0 Å². The van der Waals surface area contributed by atoms with E-state index >= 15 is 0 Å². The minimum Gasteiger partial charge on any atom is -0.314 e. The smallest absolute Gasteiger partial charge is 0.314 e. The lowest BCUT2D eigenvalue weighted by Gasteiger charge is -2.32. The molecule has 0 saturated heterocycles. The summed E-state index contributed by atoms with van der Waals surface area (Å²) in [6, 6.07) is 0. The molecule has 0 fully saturated rings. The summed E-state index contributed by atoms with van der Waals surface area (Å²) in [4.78, 5) is 1.39. The minimum absolute atomic E-state index is 0.290. The minimum atomic E-state index is -4.11. The third kappa shape index (κ3) is 6.21. The highest BCUT2D eigenvalue weighted by Crippen LogP contribution is 2.17. The molecular formula is C9H19F3N2. The van der Waals surface area contributed by atoms with Gasteiger partial charge in [0.05, 0.1) is 6.54 Å². The van der Waals surface area contributed by atoms with Crippen molar-refractivity contribution < 1.29 is 13.2 Å². The van der Waals surface area contributed by atoms with Gasteiger partial charge in [0, 0.05) is 12.1 Å². The van der Waals surface area contributed by atoms with Gasteiger partial charge in [-0.25, -0.2) is 0 Å². The summed E-state index contributed by atoms with van der Waals surface area (Å²) >= 11 is 0. The van der Waals surface area contributed by atoms with Gasteiger partial charge < -0.3 is 5.32 Å². The molecule has 14 heavy (non-hydrogen) atoms. The highest BCUT2D eigenvalue weighted by molar-refractivity contribution is 4.80. The molecule has 86 valence electrons. The van der Waals surface area contributed by atoms with Crippen LogP contribution in [0.25, 0.3) is 0 Å². The van der Waals surface area contributed by atoms with Crippen LogP contribution >= 0.6 is 0 Å². The van der Waals surface area contributed by atoms with Gasteiger partial charge in [-0.3, -0.25) is 4.90 Å². The van der Waals surface area contributed by atoms with E-state index in [2.05, 4.69) is 5.32 Å². The molecule has 0 unspecified atom stereocenters. The van der Waals surface area contributed by atoms with E-state index in [4.69, 9.17) is 0 Å². The maximum atomic E-state index is 12.1. The molecule has 0 aromatic rings. The molecule has 0 bridgehead atoms. The molecule has 0 heterocycles. The number of nitrogens with one attached hydrogen (secondary N) is 1. The number of halogens is 3. The van der Waals surface area contributed by atoms with E-state index in [9.17, 15) is 13.2 Å². The summed E-state index contributed by atoms with van der Waals surface area (Å²) in [5, 5.41) is 2.98. The highest BCUT2D eigenvalue weighted by Gasteiger charge is 2.32. The lowest BCUT2D eigenvalue weighted by atomic mass is 10.1. The summed E-state index contributed by atoms with van der Waals surface area (Å²) < 4.78 is 36.3. The van der Waals surface area contributed by atoms with Gasteiger partial charge in [-0.2, -0.15) is 13.2 Å². The number of rotatable bonds is 5. The van der Waals surface area contributed by atoms with Crippen molar-refractivity contribution in [2.75, 3.05) is 26.7 Å². The first kappa shape index (κ1) is 13.7. The first-order chi connectivity index (χ1) is 6.20. The molecule has 2 nitrogen and oxygen atoms in total. The van der Waals surface area contributed by atoms with Crippen molar-refractivity contribution in [1.29, 1.82) is 0 Å². The van der Waals surface area contributed by atoms with E-state index in [0.717, 1.165) is 0 Å². The van der Waals surface area contributed by atoms with Crippen molar-refractivity contribution in [2.24, 2.45) is 0 Å². The normalized spacial score (nSPS) is 13.7. The predicted molar refractivity (Wildman–Crippen MR) is 51.3 cm³/mol. The predicted octanol–water partition coefficient (Wildman–Crippen LogP) is 1.87. The fraction of sp³-hybridized carbons (Fsp3) is 1.00. The van der Waals surface area contributed by atoms with Crippen LogP contribution in [-0.4, -0.2) is 43.3 Å². The van der Waals surface area contributed by atoms with Crippen LogP contribution in [0.5, 0.6) is 0 Å². The number of likely N-dealkylation sites (N-methyl/N-ethyl adjacent to an activating group) is 2. The molecule has 0 aromatic heterocycles. The van der Waals surface area contributed by atoms with Crippen LogP contribution in [0.4, 0.5) is 13.2 Å². The number of hydrogen-bond acceptors (Lipinski definition) is 2. The van der Waals surface area contributed by atoms with E-state index in [1.807, 2.05) is 13.8 Å². The van der Waals surface area contributed by atoms with Crippen molar-refractivity contribution in [3.05, 3.63) is 0 Å². The molecule has 0 amide bonds. The summed E-state index contributed by atoms with van der Waals surface area (Å²) in [6.45, 7) is 5.45. The highest BCUT2D eigenvalue weighted by atomic mass is 19.4. The molecule has 0 aromatic carbocycles. The lowest BCUT2D eigenvalue weighted by Crippen LogP contribution is -2.49. The second kappa shape index (κ2) is 4.98. The van der Waals surface area contributed by atoms with E-state index in [-0.39, 0.29) is 5.54 Å². The van der Waals surface area contributed by atoms with Crippen LogP contribution in [0.2, 0.25) is 0 Å². The van der Waals surface area contributed by atoms with Gasteiger partial charge >= 0.3 is 6.18 Å². The SMILES string of the molecule is CCN(CC(F)(F)F)CC(C)(C)NC. The molecule has 0 radical (unpaired) electrons. The first-order valence-electron chi connectivity index (χ1n) is 4.68. The zero-order valence-corrected chi connectivity index (χ0v) is 9.20. The Labute approximate surface area is 83.5 Å².